The van der Waals surface area contributed by atoms with Crippen LogP contribution < -0.4 is 0 Å². The van der Waals surface area contributed by atoms with E-state index < -0.39 is 0 Å². The molecule has 0 amide bonds. The summed E-state index contributed by atoms with van der Waals surface area (Å²) in [5.74, 6) is 0. The van der Waals surface area contributed by atoms with Gasteiger partial charge in [0.05, 0.1) is 0 Å². The average molecular weight is 244 g/mol. The number of nitrogens with zero attached hydrogens (tertiary/aromatic N) is 1. The van der Waals surface area contributed by atoms with Gasteiger partial charge in [0.1, 0.15) is 11.2 Å². The smallest absolute Gasteiger partial charge is 0.136 e. The van der Waals surface area contributed by atoms with Crippen molar-refractivity contribution in [3.63, 3.8) is 0 Å². The molecule has 0 saturated heterocycles. The maximum absolute atomic E-state index is 5.88. The van der Waals surface area contributed by atoms with E-state index in [-0.39, 0.29) is 0 Å². The molecule has 4 rings (SSSR count). The van der Waals surface area contributed by atoms with E-state index in [9.17, 15) is 0 Å². The second-order valence-corrected chi connectivity index (χ2v) is 4.46. The first-order valence-electron chi connectivity index (χ1n) is 6.15. The highest BCUT2D eigenvalue weighted by Crippen LogP contribution is 2.31. The van der Waals surface area contributed by atoms with Gasteiger partial charge in [0, 0.05) is 23.2 Å². The third-order valence-corrected chi connectivity index (χ3v) is 3.30. The minimum Gasteiger partial charge on any atom is -0.456 e. The minimum atomic E-state index is 0.895. The normalized spacial score (nSPS) is 11.2. The van der Waals surface area contributed by atoms with Gasteiger partial charge in [0.15, 0.2) is 0 Å². The number of benzene rings is 2. The molecule has 4 aromatic rings. The van der Waals surface area contributed by atoms with Gasteiger partial charge >= 0.3 is 0 Å². The van der Waals surface area contributed by atoms with Crippen LogP contribution in [0.25, 0.3) is 33.1 Å². The van der Waals surface area contributed by atoms with Crippen LogP contribution in [0.15, 0.2) is 65.3 Å². The second-order valence-electron chi connectivity index (χ2n) is 4.46. The van der Waals surface area contributed by atoms with Gasteiger partial charge < -0.3 is 4.42 Å². The summed E-state index contributed by atoms with van der Waals surface area (Å²) >= 11 is 0. The Morgan fingerprint density at radius 2 is 1.74 bits per heavy atom. The Labute approximate surface area is 110 Å². The van der Waals surface area contributed by atoms with E-state index in [2.05, 4.69) is 17.1 Å². The van der Waals surface area contributed by atoms with E-state index >= 15 is 0 Å². The van der Waals surface area contributed by atoms with Crippen molar-refractivity contribution in [1.82, 2.24) is 4.98 Å². The third-order valence-electron chi connectivity index (χ3n) is 3.30. The van der Waals surface area contributed by atoms with Crippen LogP contribution in [0.3, 0.4) is 0 Å². The highest BCUT2D eigenvalue weighted by molar-refractivity contribution is 6.05. The molecule has 0 saturated carbocycles. The molecule has 0 atom stereocenters. The second kappa shape index (κ2) is 3.95. The fourth-order valence-electron chi connectivity index (χ4n) is 2.36. The summed E-state index contributed by atoms with van der Waals surface area (Å²) in [6, 6.07) is 19.4. The molecule has 0 unspecified atom stereocenters. The van der Waals surface area contributed by atoms with Crippen molar-refractivity contribution < 1.29 is 4.42 Å². The fraction of sp³-hybridized carbons (Fsp3) is 0. The molecule has 0 N–H and O–H groups in total. The summed E-state index contributed by atoms with van der Waals surface area (Å²) in [4.78, 5) is 4.03. The van der Waals surface area contributed by atoms with E-state index in [0.717, 1.165) is 33.1 Å². The van der Waals surface area contributed by atoms with Crippen LogP contribution in [0.1, 0.15) is 0 Å². The Kier molecular flexibility index (Phi) is 2.15. The molecule has 0 aliphatic heterocycles. The molecule has 1 radical (unpaired) electrons. The van der Waals surface area contributed by atoms with E-state index in [1.165, 1.54) is 0 Å². The molecule has 19 heavy (non-hydrogen) atoms. The first kappa shape index (κ1) is 10.3. The SMILES string of the molecule is [c]1cc2c(cc1-c1ccncc1)oc1ccccc12. The molecule has 89 valence electrons. The van der Waals surface area contributed by atoms with E-state index in [4.69, 9.17) is 4.42 Å². The predicted molar refractivity (Wildman–Crippen MR) is 75.8 cm³/mol. The Morgan fingerprint density at radius 1 is 0.895 bits per heavy atom. The number of rotatable bonds is 1. The third kappa shape index (κ3) is 1.61. The summed E-state index contributed by atoms with van der Waals surface area (Å²) in [7, 11) is 0. The maximum Gasteiger partial charge on any atom is 0.136 e. The van der Waals surface area contributed by atoms with Crippen molar-refractivity contribution in [2.45, 2.75) is 0 Å². The van der Waals surface area contributed by atoms with Crippen molar-refractivity contribution >= 4 is 21.9 Å². The largest absolute Gasteiger partial charge is 0.456 e. The van der Waals surface area contributed by atoms with Crippen LogP contribution in [0.2, 0.25) is 0 Å². The van der Waals surface area contributed by atoms with Crippen molar-refractivity contribution in [3.05, 3.63) is 67.0 Å². The zero-order valence-electron chi connectivity index (χ0n) is 10.1. The summed E-state index contributed by atoms with van der Waals surface area (Å²) in [5.41, 5.74) is 3.93. The van der Waals surface area contributed by atoms with Gasteiger partial charge in [-0.05, 0) is 47.5 Å². The zero-order valence-corrected chi connectivity index (χ0v) is 10.1. The van der Waals surface area contributed by atoms with Crippen molar-refractivity contribution in [1.29, 1.82) is 0 Å². The number of aromatic nitrogens is 1. The molecule has 0 aliphatic rings. The number of pyridine rings is 1. The number of para-hydroxylation sites is 1. The highest BCUT2D eigenvalue weighted by atomic mass is 16.3. The monoisotopic (exact) mass is 244 g/mol. The molecule has 2 aromatic carbocycles. The highest BCUT2D eigenvalue weighted by Gasteiger charge is 2.07. The topological polar surface area (TPSA) is 26.0 Å². The van der Waals surface area contributed by atoms with Crippen molar-refractivity contribution in [2.75, 3.05) is 0 Å². The maximum atomic E-state index is 5.88. The summed E-state index contributed by atoms with van der Waals surface area (Å²) < 4.78 is 5.88. The lowest BCUT2D eigenvalue weighted by Gasteiger charge is -1.99. The molecule has 0 spiro atoms. The Morgan fingerprint density at radius 3 is 2.63 bits per heavy atom. The van der Waals surface area contributed by atoms with Crippen LogP contribution in [0.5, 0.6) is 0 Å². The average Bonchev–Trinajstić information content (AvgIpc) is 2.86. The van der Waals surface area contributed by atoms with Crippen LogP contribution in [-0.4, -0.2) is 4.98 Å². The van der Waals surface area contributed by atoms with Gasteiger partial charge in [0.2, 0.25) is 0 Å². The van der Waals surface area contributed by atoms with Gasteiger partial charge in [-0.3, -0.25) is 4.98 Å². The molecular weight excluding hydrogens is 234 g/mol. The quantitative estimate of drug-likeness (QED) is 0.494. The lowest BCUT2D eigenvalue weighted by Crippen LogP contribution is -1.78. The summed E-state index contributed by atoms with van der Waals surface area (Å²) in [6.07, 6.45) is 3.57. The number of furan rings is 1. The van der Waals surface area contributed by atoms with E-state index in [1.807, 2.05) is 42.5 Å². The Balaban J connectivity index is 1.99. The fourth-order valence-corrected chi connectivity index (χ4v) is 2.36. The Bertz CT molecular complexity index is 862. The molecule has 0 aliphatic carbocycles. The predicted octanol–water partition coefficient (Wildman–Crippen LogP) is 4.45. The summed E-state index contributed by atoms with van der Waals surface area (Å²) in [6.45, 7) is 0. The molecule has 2 heteroatoms. The number of fused-ring (bicyclic) bond motifs is 3. The lowest BCUT2D eigenvalue weighted by molar-refractivity contribution is 0.669. The van der Waals surface area contributed by atoms with Crippen molar-refractivity contribution in [2.24, 2.45) is 0 Å². The van der Waals surface area contributed by atoms with Gasteiger partial charge in [-0.2, -0.15) is 0 Å². The van der Waals surface area contributed by atoms with Crippen LogP contribution in [0, 0.1) is 6.07 Å². The molecular formula is C17H10NO. The Hall–Kier alpha value is -2.61. The van der Waals surface area contributed by atoms with Gasteiger partial charge in [0.25, 0.3) is 0 Å². The van der Waals surface area contributed by atoms with E-state index in [0.29, 0.717) is 0 Å². The van der Waals surface area contributed by atoms with Gasteiger partial charge in [-0.25, -0.2) is 0 Å². The zero-order chi connectivity index (χ0) is 12.7. The molecule has 2 nitrogen and oxygen atoms in total. The van der Waals surface area contributed by atoms with Crippen LogP contribution in [-0.2, 0) is 0 Å². The van der Waals surface area contributed by atoms with Crippen LogP contribution >= 0.6 is 0 Å². The van der Waals surface area contributed by atoms with E-state index in [1.54, 1.807) is 12.4 Å². The van der Waals surface area contributed by atoms with Crippen LogP contribution in [0.4, 0.5) is 0 Å². The number of hydrogen-bond donors (Lipinski definition) is 0. The van der Waals surface area contributed by atoms with Gasteiger partial charge in [-0.1, -0.05) is 18.2 Å². The van der Waals surface area contributed by atoms with Gasteiger partial charge in [-0.15, -0.1) is 0 Å². The molecule has 2 heterocycles. The first-order valence-corrected chi connectivity index (χ1v) is 6.15. The molecule has 0 bridgehead atoms. The standard InChI is InChI=1S/C17H10NO/c1-2-4-16-14(3-1)15-6-5-13(11-17(15)19-16)12-7-9-18-10-8-12/h1-4,6-11H. The van der Waals surface area contributed by atoms with Crippen molar-refractivity contribution in [3.8, 4) is 11.1 Å². The lowest BCUT2D eigenvalue weighted by atomic mass is 10.0. The molecule has 0 fully saturated rings. The number of hydrogen-bond acceptors (Lipinski definition) is 2. The first-order chi connectivity index (χ1) is 9.42. The minimum absolute atomic E-state index is 0.895. The molecule has 2 aromatic heterocycles. The summed E-state index contributed by atoms with van der Waals surface area (Å²) in [5, 5.41) is 2.24.